The Kier molecular flexibility index (Phi) is 4.65. The van der Waals surface area contributed by atoms with E-state index in [1.807, 2.05) is 35.7 Å². The van der Waals surface area contributed by atoms with Crippen molar-refractivity contribution in [2.75, 3.05) is 5.75 Å². The van der Waals surface area contributed by atoms with Crippen LogP contribution in [0.25, 0.3) is 10.2 Å². The number of thioether (sulfide) groups is 1. The van der Waals surface area contributed by atoms with Gasteiger partial charge >= 0.3 is 0 Å². The number of hydrogen-bond acceptors (Lipinski definition) is 5. The first-order valence-corrected chi connectivity index (χ1v) is 9.36. The Morgan fingerprint density at radius 3 is 2.77 bits per heavy atom. The number of aromatic nitrogens is 2. The van der Waals surface area contributed by atoms with E-state index in [0.29, 0.717) is 20.9 Å². The van der Waals surface area contributed by atoms with Crippen molar-refractivity contribution in [2.24, 2.45) is 7.05 Å². The van der Waals surface area contributed by atoms with Crippen LogP contribution in [0.4, 0.5) is 0 Å². The first kappa shape index (κ1) is 15.7. The van der Waals surface area contributed by atoms with Crippen LogP contribution in [-0.2, 0) is 7.05 Å². The molecule has 0 aliphatic heterocycles. The lowest BCUT2D eigenvalue weighted by atomic mass is 10.2. The molecule has 0 N–H and O–H groups in total. The molecule has 3 aromatic rings. The molecule has 0 unspecified atom stereocenters. The number of halogens is 1. The minimum Gasteiger partial charge on any atom is -0.293 e. The molecule has 0 amide bonds. The van der Waals surface area contributed by atoms with Gasteiger partial charge in [-0.3, -0.25) is 14.2 Å². The number of rotatable bonds is 4. The Morgan fingerprint density at radius 2 is 2.05 bits per heavy atom. The molecule has 1 aromatic carbocycles. The van der Waals surface area contributed by atoms with Crippen LogP contribution >= 0.6 is 45.7 Å². The second kappa shape index (κ2) is 6.51. The highest BCUT2D eigenvalue weighted by Gasteiger charge is 2.12. The standard InChI is InChI=1S/C15H11IN2O2S2/c1-18-14(20)13-11(6-7-21-13)17-15(18)22-8-12(19)9-2-4-10(16)5-3-9/h2-7H,8H2,1H3. The lowest BCUT2D eigenvalue weighted by molar-refractivity contribution is 0.102. The monoisotopic (exact) mass is 442 g/mol. The Labute approximate surface area is 148 Å². The van der Waals surface area contributed by atoms with Gasteiger partial charge in [0.2, 0.25) is 0 Å². The maximum Gasteiger partial charge on any atom is 0.271 e. The molecule has 7 heteroatoms. The minimum atomic E-state index is -0.0655. The summed E-state index contributed by atoms with van der Waals surface area (Å²) < 4.78 is 3.25. The molecule has 0 radical (unpaired) electrons. The third-order valence-electron chi connectivity index (χ3n) is 3.14. The number of fused-ring (bicyclic) bond motifs is 1. The molecule has 2 aromatic heterocycles. The van der Waals surface area contributed by atoms with E-state index in [4.69, 9.17) is 0 Å². The van der Waals surface area contributed by atoms with Crippen molar-refractivity contribution in [1.82, 2.24) is 9.55 Å². The lowest BCUT2D eigenvalue weighted by Crippen LogP contribution is -2.19. The average molecular weight is 442 g/mol. The van der Waals surface area contributed by atoms with Crippen LogP contribution in [0.1, 0.15) is 10.4 Å². The van der Waals surface area contributed by atoms with Crippen LogP contribution in [-0.4, -0.2) is 21.1 Å². The number of nitrogens with zero attached hydrogens (tertiary/aromatic N) is 2. The van der Waals surface area contributed by atoms with Crippen molar-refractivity contribution in [3.8, 4) is 0 Å². The zero-order valence-corrected chi connectivity index (χ0v) is 15.4. The van der Waals surface area contributed by atoms with Gasteiger partial charge in [-0.05, 0) is 46.2 Å². The second-order valence-electron chi connectivity index (χ2n) is 4.61. The van der Waals surface area contributed by atoms with Crippen molar-refractivity contribution in [2.45, 2.75) is 5.16 Å². The predicted molar refractivity (Wildman–Crippen MR) is 99.1 cm³/mol. The highest BCUT2D eigenvalue weighted by molar-refractivity contribution is 14.1. The van der Waals surface area contributed by atoms with Gasteiger partial charge in [-0.1, -0.05) is 23.9 Å². The zero-order chi connectivity index (χ0) is 15.7. The number of ketones is 1. The lowest BCUT2D eigenvalue weighted by Gasteiger charge is -2.06. The van der Waals surface area contributed by atoms with Crippen molar-refractivity contribution < 1.29 is 4.79 Å². The maximum absolute atomic E-state index is 12.2. The second-order valence-corrected chi connectivity index (χ2v) is 7.72. The molecule has 0 aliphatic carbocycles. The SMILES string of the molecule is Cn1c(SCC(=O)c2ccc(I)cc2)nc2ccsc2c1=O. The number of Topliss-reactive ketones (excluding diaryl/α,β-unsaturated/α-hetero) is 1. The van der Waals surface area contributed by atoms with Crippen LogP contribution in [0.15, 0.2) is 45.7 Å². The largest absolute Gasteiger partial charge is 0.293 e. The number of hydrogen-bond donors (Lipinski definition) is 0. The van der Waals surface area contributed by atoms with Crippen molar-refractivity contribution in [3.05, 3.63) is 55.2 Å². The molecule has 0 aliphatic rings. The quantitative estimate of drug-likeness (QED) is 0.268. The summed E-state index contributed by atoms with van der Waals surface area (Å²) in [6, 6.07) is 9.28. The normalized spacial score (nSPS) is 11.0. The topological polar surface area (TPSA) is 52.0 Å². The van der Waals surface area contributed by atoms with Crippen LogP contribution in [0.2, 0.25) is 0 Å². The number of thiophene rings is 1. The molecule has 4 nitrogen and oxygen atoms in total. The van der Waals surface area contributed by atoms with Crippen LogP contribution in [0, 0.1) is 3.57 Å². The van der Waals surface area contributed by atoms with Crippen molar-refractivity contribution >= 4 is 61.7 Å². The van der Waals surface area contributed by atoms with Crippen molar-refractivity contribution in [3.63, 3.8) is 0 Å². The fraction of sp³-hybridized carbons (Fsp3) is 0.133. The summed E-state index contributed by atoms with van der Waals surface area (Å²) in [6.45, 7) is 0. The summed E-state index contributed by atoms with van der Waals surface area (Å²) in [6.07, 6.45) is 0. The maximum atomic E-state index is 12.2. The molecule has 0 atom stereocenters. The van der Waals surface area contributed by atoms with E-state index in [-0.39, 0.29) is 17.1 Å². The zero-order valence-electron chi connectivity index (χ0n) is 11.6. The predicted octanol–water partition coefficient (Wildman–Crippen LogP) is 3.57. The smallest absolute Gasteiger partial charge is 0.271 e. The van der Waals surface area contributed by atoms with E-state index >= 15 is 0 Å². The van der Waals surface area contributed by atoms with Gasteiger partial charge in [0.25, 0.3) is 5.56 Å². The number of carbonyl (C=O) groups is 1. The number of benzene rings is 1. The number of carbonyl (C=O) groups excluding carboxylic acids is 1. The van der Waals surface area contributed by atoms with Gasteiger partial charge in [-0.15, -0.1) is 11.3 Å². The average Bonchev–Trinajstić information content (AvgIpc) is 2.98. The summed E-state index contributed by atoms with van der Waals surface area (Å²) in [7, 11) is 1.69. The molecule has 22 heavy (non-hydrogen) atoms. The van der Waals surface area contributed by atoms with Crippen LogP contribution in [0.3, 0.4) is 0 Å². The fourth-order valence-electron chi connectivity index (χ4n) is 1.95. The van der Waals surface area contributed by atoms with E-state index in [9.17, 15) is 9.59 Å². The molecule has 0 bridgehead atoms. The van der Waals surface area contributed by atoms with Crippen molar-refractivity contribution in [1.29, 1.82) is 0 Å². The molecule has 0 fully saturated rings. The highest BCUT2D eigenvalue weighted by atomic mass is 127. The summed E-state index contributed by atoms with van der Waals surface area (Å²) in [5.74, 6) is 0.289. The summed E-state index contributed by atoms with van der Waals surface area (Å²) >= 11 is 4.88. The Hall–Kier alpha value is -1.19. The molecule has 0 saturated heterocycles. The fourth-order valence-corrected chi connectivity index (χ4v) is 3.98. The molecular formula is C15H11IN2O2S2. The van der Waals surface area contributed by atoms with Gasteiger partial charge in [0.15, 0.2) is 10.9 Å². The van der Waals surface area contributed by atoms with Gasteiger partial charge in [0, 0.05) is 16.2 Å². The third kappa shape index (κ3) is 3.11. The summed E-state index contributed by atoms with van der Waals surface area (Å²) in [5.41, 5.74) is 1.30. The minimum absolute atomic E-state index is 0.0288. The molecule has 0 saturated carbocycles. The molecular weight excluding hydrogens is 431 g/mol. The van der Waals surface area contributed by atoms with Crippen LogP contribution < -0.4 is 5.56 Å². The first-order valence-electron chi connectivity index (χ1n) is 6.42. The summed E-state index contributed by atoms with van der Waals surface area (Å²) in [4.78, 5) is 28.9. The Bertz CT molecular complexity index is 900. The van der Waals surface area contributed by atoms with E-state index in [2.05, 4.69) is 27.6 Å². The van der Waals surface area contributed by atoms with Gasteiger partial charge in [0.05, 0.1) is 11.3 Å². The third-order valence-corrected chi connectivity index (χ3v) is 5.79. The highest BCUT2D eigenvalue weighted by Crippen LogP contribution is 2.21. The Balaban J connectivity index is 1.81. The first-order chi connectivity index (χ1) is 10.6. The van der Waals surface area contributed by atoms with Gasteiger partial charge in [-0.2, -0.15) is 0 Å². The molecule has 3 rings (SSSR count). The molecule has 112 valence electrons. The van der Waals surface area contributed by atoms with E-state index in [0.717, 1.165) is 3.57 Å². The van der Waals surface area contributed by atoms with E-state index in [1.165, 1.54) is 27.7 Å². The Morgan fingerprint density at radius 1 is 1.32 bits per heavy atom. The van der Waals surface area contributed by atoms with Gasteiger partial charge < -0.3 is 0 Å². The van der Waals surface area contributed by atoms with E-state index in [1.54, 1.807) is 7.05 Å². The van der Waals surface area contributed by atoms with Gasteiger partial charge in [0.1, 0.15) is 4.70 Å². The van der Waals surface area contributed by atoms with Gasteiger partial charge in [-0.25, -0.2) is 4.98 Å². The van der Waals surface area contributed by atoms with E-state index < -0.39 is 0 Å². The summed E-state index contributed by atoms with van der Waals surface area (Å²) in [5, 5.41) is 2.42. The molecule has 0 spiro atoms. The molecule has 2 heterocycles. The van der Waals surface area contributed by atoms with Crippen LogP contribution in [0.5, 0.6) is 0 Å².